The molecule has 16 heavy (non-hydrogen) atoms. The van der Waals surface area contributed by atoms with Gasteiger partial charge in [0.05, 0.1) is 0 Å². The SMILES string of the molecule is CCCCCCCCCCCC=CC(N)=O. The lowest BCUT2D eigenvalue weighted by Gasteiger charge is -2.00. The molecule has 0 unspecified atom stereocenters. The van der Waals surface area contributed by atoms with Gasteiger partial charge in [0, 0.05) is 0 Å². The van der Waals surface area contributed by atoms with Gasteiger partial charge in [-0.3, -0.25) is 4.79 Å². The number of carbonyl (C=O) groups is 1. The first-order valence-electron chi connectivity index (χ1n) is 6.73. The van der Waals surface area contributed by atoms with Crippen LogP contribution in [0, 0.1) is 0 Å². The van der Waals surface area contributed by atoms with Crippen molar-refractivity contribution in [2.45, 2.75) is 71.1 Å². The summed E-state index contributed by atoms with van der Waals surface area (Å²) in [7, 11) is 0. The minimum atomic E-state index is -0.337. The van der Waals surface area contributed by atoms with Gasteiger partial charge in [-0.25, -0.2) is 0 Å². The van der Waals surface area contributed by atoms with Crippen molar-refractivity contribution in [3.63, 3.8) is 0 Å². The number of allylic oxidation sites excluding steroid dienone is 1. The highest BCUT2D eigenvalue weighted by Gasteiger charge is 1.91. The number of unbranched alkanes of at least 4 members (excludes halogenated alkanes) is 9. The summed E-state index contributed by atoms with van der Waals surface area (Å²) < 4.78 is 0. The van der Waals surface area contributed by atoms with Crippen LogP contribution in [0.1, 0.15) is 71.1 Å². The van der Waals surface area contributed by atoms with Crippen molar-refractivity contribution >= 4 is 5.91 Å². The van der Waals surface area contributed by atoms with E-state index >= 15 is 0 Å². The van der Waals surface area contributed by atoms with Gasteiger partial charge >= 0.3 is 0 Å². The molecule has 0 spiro atoms. The fourth-order valence-electron chi connectivity index (χ4n) is 1.77. The van der Waals surface area contributed by atoms with Gasteiger partial charge in [-0.05, 0) is 18.9 Å². The molecular weight excluding hydrogens is 198 g/mol. The normalized spacial score (nSPS) is 11.1. The maximum atomic E-state index is 10.4. The molecule has 0 aliphatic rings. The Kier molecular flexibility index (Phi) is 11.7. The van der Waals surface area contributed by atoms with Crippen molar-refractivity contribution in [1.29, 1.82) is 0 Å². The Morgan fingerprint density at radius 2 is 1.44 bits per heavy atom. The fourth-order valence-corrected chi connectivity index (χ4v) is 1.77. The Morgan fingerprint density at radius 1 is 0.938 bits per heavy atom. The zero-order chi connectivity index (χ0) is 12.1. The van der Waals surface area contributed by atoms with Gasteiger partial charge in [-0.2, -0.15) is 0 Å². The molecule has 0 aromatic heterocycles. The van der Waals surface area contributed by atoms with Crippen LogP contribution >= 0.6 is 0 Å². The van der Waals surface area contributed by atoms with Crippen LogP contribution in [0.4, 0.5) is 0 Å². The van der Waals surface area contributed by atoms with E-state index in [1.807, 2.05) is 6.08 Å². The third-order valence-electron chi connectivity index (χ3n) is 2.76. The molecule has 0 fully saturated rings. The number of rotatable bonds is 11. The van der Waals surface area contributed by atoms with E-state index < -0.39 is 0 Å². The molecule has 0 saturated heterocycles. The smallest absolute Gasteiger partial charge is 0.241 e. The highest BCUT2D eigenvalue weighted by atomic mass is 16.1. The molecule has 0 aliphatic carbocycles. The zero-order valence-electron chi connectivity index (χ0n) is 10.7. The number of hydrogen-bond acceptors (Lipinski definition) is 1. The third kappa shape index (κ3) is 13.2. The first-order chi connectivity index (χ1) is 7.77. The Hall–Kier alpha value is -0.790. The van der Waals surface area contributed by atoms with Crippen LogP contribution in [0.3, 0.4) is 0 Å². The number of nitrogens with two attached hydrogens (primary N) is 1. The minimum absolute atomic E-state index is 0.337. The lowest BCUT2D eigenvalue weighted by atomic mass is 10.1. The summed E-state index contributed by atoms with van der Waals surface area (Å²) in [5.74, 6) is -0.337. The van der Waals surface area contributed by atoms with E-state index in [0.717, 1.165) is 6.42 Å². The monoisotopic (exact) mass is 225 g/mol. The average molecular weight is 225 g/mol. The van der Waals surface area contributed by atoms with Gasteiger partial charge in [0.2, 0.25) is 5.91 Å². The topological polar surface area (TPSA) is 43.1 Å². The quantitative estimate of drug-likeness (QED) is 0.420. The summed E-state index contributed by atoms with van der Waals surface area (Å²) in [5, 5.41) is 0. The van der Waals surface area contributed by atoms with Crippen molar-refractivity contribution in [3.8, 4) is 0 Å². The van der Waals surface area contributed by atoms with Gasteiger partial charge in [0.25, 0.3) is 0 Å². The highest BCUT2D eigenvalue weighted by Crippen LogP contribution is 2.10. The Morgan fingerprint density at radius 3 is 1.94 bits per heavy atom. The molecular formula is C14H27NO. The van der Waals surface area contributed by atoms with E-state index in [-0.39, 0.29) is 5.91 Å². The molecule has 0 aromatic rings. The summed E-state index contributed by atoms with van der Waals surface area (Å²) in [4.78, 5) is 10.4. The summed E-state index contributed by atoms with van der Waals surface area (Å²) in [5.41, 5.74) is 4.99. The summed E-state index contributed by atoms with van der Waals surface area (Å²) in [6, 6.07) is 0. The van der Waals surface area contributed by atoms with E-state index in [1.54, 1.807) is 0 Å². The van der Waals surface area contributed by atoms with Crippen LogP contribution in [-0.4, -0.2) is 5.91 Å². The minimum Gasteiger partial charge on any atom is -0.366 e. The van der Waals surface area contributed by atoms with Gasteiger partial charge < -0.3 is 5.73 Å². The lowest BCUT2D eigenvalue weighted by molar-refractivity contribution is -0.113. The number of amides is 1. The van der Waals surface area contributed by atoms with Crippen LogP contribution < -0.4 is 5.73 Å². The van der Waals surface area contributed by atoms with E-state index in [0.29, 0.717) is 0 Å². The van der Waals surface area contributed by atoms with E-state index in [2.05, 4.69) is 6.92 Å². The maximum absolute atomic E-state index is 10.4. The second kappa shape index (κ2) is 12.3. The lowest BCUT2D eigenvalue weighted by Crippen LogP contribution is -2.05. The van der Waals surface area contributed by atoms with E-state index in [9.17, 15) is 4.79 Å². The summed E-state index contributed by atoms with van der Waals surface area (Å²) in [6.45, 7) is 2.25. The molecule has 94 valence electrons. The molecule has 0 saturated carbocycles. The Bertz CT molecular complexity index is 187. The fraction of sp³-hybridized carbons (Fsp3) is 0.786. The number of primary amides is 1. The second-order valence-electron chi connectivity index (χ2n) is 4.42. The van der Waals surface area contributed by atoms with Gasteiger partial charge in [-0.1, -0.05) is 64.4 Å². The van der Waals surface area contributed by atoms with Crippen LogP contribution in [0.2, 0.25) is 0 Å². The van der Waals surface area contributed by atoms with E-state index in [1.165, 1.54) is 63.9 Å². The van der Waals surface area contributed by atoms with Crippen molar-refractivity contribution in [2.75, 3.05) is 0 Å². The molecule has 0 radical (unpaired) electrons. The highest BCUT2D eigenvalue weighted by molar-refractivity contribution is 5.85. The standard InChI is InChI=1S/C14H27NO/c1-2-3-4-5-6-7-8-9-10-11-12-13-14(15)16/h12-13H,2-11H2,1H3,(H2,15,16). The van der Waals surface area contributed by atoms with Crippen LogP contribution in [0.5, 0.6) is 0 Å². The first-order valence-corrected chi connectivity index (χ1v) is 6.73. The molecule has 2 heteroatoms. The van der Waals surface area contributed by atoms with E-state index in [4.69, 9.17) is 5.73 Å². The van der Waals surface area contributed by atoms with Crippen LogP contribution in [-0.2, 0) is 4.79 Å². The molecule has 1 amide bonds. The van der Waals surface area contributed by atoms with Crippen molar-refractivity contribution in [3.05, 3.63) is 12.2 Å². The van der Waals surface area contributed by atoms with Gasteiger partial charge in [-0.15, -0.1) is 0 Å². The molecule has 2 nitrogen and oxygen atoms in total. The predicted molar refractivity (Wildman–Crippen MR) is 70.2 cm³/mol. The van der Waals surface area contributed by atoms with Crippen molar-refractivity contribution < 1.29 is 4.79 Å². The second-order valence-corrected chi connectivity index (χ2v) is 4.42. The Balaban J connectivity index is 3.01. The maximum Gasteiger partial charge on any atom is 0.241 e. The van der Waals surface area contributed by atoms with Crippen LogP contribution in [0.25, 0.3) is 0 Å². The summed E-state index contributed by atoms with van der Waals surface area (Å²) in [6.07, 6.45) is 16.4. The average Bonchev–Trinajstić information content (AvgIpc) is 2.25. The number of hydrogen-bond donors (Lipinski definition) is 1. The molecule has 2 N–H and O–H groups in total. The Labute approximate surface area is 100 Å². The molecule has 0 heterocycles. The van der Waals surface area contributed by atoms with Crippen LogP contribution in [0.15, 0.2) is 12.2 Å². The first kappa shape index (κ1) is 15.2. The molecule has 0 aromatic carbocycles. The van der Waals surface area contributed by atoms with Gasteiger partial charge in [0.1, 0.15) is 0 Å². The molecule has 0 rings (SSSR count). The van der Waals surface area contributed by atoms with Gasteiger partial charge in [0.15, 0.2) is 0 Å². The molecule has 0 atom stereocenters. The summed E-state index contributed by atoms with van der Waals surface area (Å²) >= 11 is 0. The predicted octanol–water partition coefficient (Wildman–Crippen LogP) is 3.95. The largest absolute Gasteiger partial charge is 0.366 e. The molecule has 0 aliphatic heterocycles. The van der Waals surface area contributed by atoms with Crippen molar-refractivity contribution in [2.24, 2.45) is 5.73 Å². The van der Waals surface area contributed by atoms with Crippen molar-refractivity contribution in [1.82, 2.24) is 0 Å². The zero-order valence-corrected chi connectivity index (χ0v) is 10.7. The number of carbonyl (C=O) groups excluding carboxylic acids is 1. The molecule has 0 bridgehead atoms. The third-order valence-corrected chi connectivity index (χ3v) is 2.76.